The van der Waals surface area contributed by atoms with Crippen molar-refractivity contribution in [2.75, 3.05) is 10.2 Å². The van der Waals surface area contributed by atoms with Gasteiger partial charge < -0.3 is 0 Å². The van der Waals surface area contributed by atoms with E-state index in [0.29, 0.717) is 5.13 Å². The molecule has 4 rings (SSSR count). The van der Waals surface area contributed by atoms with Crippen LogP contribution in [0, 0.1) is 0 Å². The van der Waals surface area contributed by atoms with Gasteiger partial charge in [-0.2, -0.15) is 0 Å². The first kappa shape index (κ1) is 17.1. The van der Waals surface area contributed by atoms with Crippen molar-refractivity contribution in [3.63, 3.8) is 0 Å². The van der Waals surface area contributed by atoms with Gasteiger partial charge in [0.1, 0.15) is 0 Å². The number of nitrogens with one attached hydrogen (secondary N) is 1. The number of aromatic nitrogens is 1. The maximum absolute atomic E-state index is 13.1. The molecule has 3 aromatic rings. The summed E-state index contributed by atoms with van der Waals surface area (Å²) in [5.41, 5.74) is 2.72. The predicted molar refractivity (Wildman–Crippen MR) is 109 cm³/mol. The molecule has 0 saturated carbocycles. The van der Waals surface area contributed by atoms with Gasteiger partial charge in [-0.1, -0.05) is 56.8 Å². The largest absolute Gasteiger partial charge is 0.332 e. The van der Waals surface area contributed by atoms with E-state index in [4.69, 9.17) is 0 Å². The van der Waals surface area contributed by atoms with Gasteiger partial charge in [-0.3, -0.25) is 10.2 Å². The number of para-hydroxylation sites is 2. The summed E-state index contributed by atoms with van der Waals surface area (Å²) in [6.45, 7) is 6.34. The van der Waals surface area contributed by atoms with Crippen LogP contribution in [0.15, 0.2) is 63.7 Å². The van der Waals surface area contributed by atoms with E-state index in [1.165, 1.54) is 11.3 Å². The highest BCUT2D eigenvalue weighted by Gasteiger charge is 2.28. The van der Waals surface area contributed by atoms with Crippen LogP contribution in [-0.2, 0) is 5.41 Å². The van der Waals surface area contributed by atoms with E-state index < -0.39 is 0 Å². The van der Waals surface area contributed by atoms with Crippen molar-refractivity contribution in [2.24, 2.45) is 0 Å². The Bertz CT molecular complexity index is 929. The summed E-state index contributed by atoms with van der Waals surface area (Å²) in [4.78, 5) is 21.6. The number of fused-ring (bicyclic) bond motifs is 2. The van der Waals surface area contributed by atoms with E-state index >= 15 is 0 Å². The molecule has 2 amide bonds. The zero-order valence-corrected chi connectivity index (χ0v) is 16.4. The van der Waals surface area contributed by atoms with Crippen LogP contribution in [0.2, 0.25) is 0 Å². The fourth-order valence-electron chi connectivity index (χ4n) is 2.75. The van der Waals surface area contributed by atoms with Crippen LogP contribution in [0.4, 0.5) is 21.3 Å². The van der Waals surface area contributed by atoms with E-state index in [9.17, 15) is 4.79 Å². The Morgan fingerprint density at radius 3 is 2.12 bits per heavy atom. The first-order valence-electron chi connectivity index (χ1n) is 8.36. The van der Waals surface area contributed by atoms with Gasteiger partial charge in [-0.15, -0.1) is 11.3 Å². The van der Waals surface area contributed by atoms with Crippen molar-refractivity contribution >= 4 is 45.6 Å². The number of anilines is 3. The van der Waals surface area contributed by atoms with Gasteiger partial charge in [0.05, 0.1) is 17.1 Å². The summed E-state index contributed by atoms with van der Waals surface area (Å²) >= 11 is 3.14. The molecule has 0 fully saturated rings. The Kier molecular flexibility index (Phi) is 4.25. The van der Waals surface area contributed by atoms with Crippen molar-refractivity contribution in [3.05, 3.63) is 59.6 Å². The minimum atomic E-state index is -0.194. The average molecular weight is 382 g/mol. The van der Waals surface area contributed by atoms with Crippen LogP contribution in [0.25, 0.3) is 0 Å². The Hall–Kier alpha value is -2.31. The third kappa shape index (κ3) is 3.10. The number of hydrogen-bond donors (Lipinski definition) is 1. The highest BCUT2D eigenvalue weighted by atomic mass is 32.2. The van der Waals surface area contributed by atoms with Crippen molar-refractivity contribution in [1.29, 1.82) is 0 Å². The summed E-state index contributed by atoms with van der Waals surface area (Å²) in [7, 11) is 0. The number of amides is 2. The number of nitrogens with zero attached hydrogens (tertiary/aromatic N) is 2. The molecule has 4 nitrogen and oxygen atoms in total. The number of urea groups is 1. The number of thiazole rings is 1. The SMILES string of the molecule is CC(C)(C)c1csc(NC(=O)N2c3ccccc3Sc3ccccc32)n1. The van der Waals surface area contributed by atoms with Gasteiger partial charge in [-0.25, -0.2) is 9.78 Å². The smallest absolute Gasteiger partial charge is 0.283 e. The Morgan fingerprint density at radius 1 is 1.00 bits per heavy atom. The topological polar surface area (TPSA) is 45.2 Å². The Labute approximate surface area is 161 Å². The quantitative estimate of drug-likeness (QED) is 0.540. The second kappa shape index (κ2) is 6.45. The predicted octanol–water partition coefficient (Wildman–Crippen LogP) is 6.28. The number of benzene rings is 2. The molecule has 0 unspecified atom stereocenters. The van der Waals surface area contributed by atoms with Gasteiger partial charge in [0.15, 0.2) is 5.13 Å². The minimum absolute atomic E-state index is 0.0412. The first-order chi connectivity index (χ1) is 12.4. The average Bonchev–Trinajstić information content (AvgIpc) is 3.08. The fourth-order valence-corrected chi connectivity index (χ4v) is 4.73. The van der Waals surface area contributed by atoms with Crippen molar-refractivity contribution in [3.8, 4) is 0 Å². The summed E-state index contributed by atoms with van der Waals surface area (Å²) in [6, 6.07) is 15.7. The normalized spacial score (nSPS) is 13.1. The molecule has 0 saturated heterocycles. The number of hydrogen-bond acceptors (Lipinski definition) is 4. The van der Waals surface area contributed by atoms with E-state index in [0.717, 1.165) is 26.9 Å². The van der Waals surface area contributed by atoms with E-state index in [1.54, 1.807) is 16.7 Å². The molecule has 26 heavy (non-hydrogen) atoms. The highest BCUT2D eigenvalue weighted by Crippen LogP contribution is 2.48. The van der Waals surface area contributed by atoms with Crippen molar-refractivity contribution in [2.45, 2.75) is 36.0 Å². The van der Waals surface area contributed by atoms with Crippen molar-refractivity contribution < 1.29 is 4.79 Å². The van der Waals surface area contributed by atoms with E-state index in [-0.39, 0.29) is 11.4 Å². The van der Waals surface area contributed by atoms with Gasteiger partial charge in [-0.05, 0) is 24.3 Å². The third-order valence-corrected chi connectivity index (χ3v) is 6.01. The standard InChI is InChI=1S/C20H19N3OS2/c1-20(2,3)17-12-25-18(21-17)22-19(24)23-13-8-4-6-10-15(13)26-16-11-7-5-9-14(16)23/h4-12H,1-3H3,(H,21,22,24). The molecule has 0 radical (unpaired) electrons. The fraction of sp³-hybridized carbons (Fsp3) is 0.200. The zero-order chi connectivity index (χ0) is 18.3. The molecule has 0 atom stereocenters. The van der Waals surface area contributed by atoms with Gasteiger partial charge in [0, 0.05) is 20.6 Å². The van der Waals surface area contributed by atoms with Crippen molar-refractivity contribution in [1.82, 2.24) is 4.98 Å². The number of carbonyl (C=O) groups excluding carboxylic acids is 1. The summed E-state index contributed by atoms with van der Waals surface area (Å²) in [5, 5.41) is 5.59. The van der Waals surface area contributed by atoms with Crippen LogP contribution in [0.3, 0.4) is 0 Å². The lowest BCUT2D eigenvalue weighted by Crippen LogP contribution is -2.32. The maximum Gasteiger partial charge on any atom is 0.332 e. The summed E-state index contributed by atoms with van der Waals surface area (Å²) in [5.74, 6) is 0. The van der Waals surface area contributed by atoms with E-state index in [1.807, 2.05) is 53.9 Å². The zero-order valence-electron chi connectivity index (χ0n) is 14.8. The second-order valence-electron chi connectivity index (χ2n) is 7.09. The van der Waals surface area contributed by atoms with E-state index in [2.05, 4.69) is 31.1 Å². The molecule has 1 N–H and O–H groups in total. The van der Waals surface area contributed by atoms with Gasteiger partial charge in [0.2, 0.25) is 0 Å². The molecule has 0 bridgehead atoms. The van der Waals surface area contributed by atoms with Gasteiger partial charge >= 0.3 is 6.03 Å². The highest BCUT2D eigenvalue weighted by molar-refractivity contribution is 7.99. The summed E-state index contributed by atoms with van der Waals surface area (Å²) < 4.78 is 0. The Morgan fingerprint density at radius 2 is 1.58 bits per heavy atom. The van der Waals surface area contributed by atoms with Crippen LogP contribution in [0.1, 0.15) is 26.5 Å². The number of rotatable bonds is 1. The van der Waals surface area contributed by atoms with Crippen LogP contribution in [0.5, 0.6) is 0 Å². The molecule has 132 valence electrons. The molecule has 1 aromatic heterocycles. The van der Waals surface area contributed by atoms with Crippen LogP contribution < -0.4 is 10.2 Å². The minimum Gasteiger partial charge on any atom is -0.283 e. The molecule has 1 aliphatic heterocycles. The lowest BCUT2D eigenvalue weighted by Gasteiger charge is -2.30. The molecular formula is C20H19N3OS2. The Balaban J connectivity index is 1.69. The molecule has 0 aliphatic carbocycles. The molecule has 0 spiro atoms. The first-order valence-corrected chi connectivity index (χ1v) is 10.1. The molecule has 2 heterocycles. The monoisotopic (exact) mass is 381 g/mol. The molecule has 1 aliphatic rings. The lowest BCUT2D eigenvalue weighted by atomic mass is 9.93. The summed E-state index contributed by atoms with van der Waals surface area (Å²) in [6.07, 6.45) is 0. The lowest BCUT2D eigenvalue weighted by molar-refractivity contribution is 0.258. The van der Waals surface area contributed by atoms with Gasteiger partial charge in [0.25, 0.3) is 0 Å². The van der Waals surface area contributed by atoms with Crippen LogP contribution >= 0.6 is 23.1 Å². The third-order valence-electron chi connectivity index (χ3n) is 4.12. The molecule has 6 heteroatoms. The molecule has 2 aromatic carbocycles. The maximum atomic E-state index is 13.1. The second-order valence-corrected chi connectivity index (χ2v) is 9.03. The van der Waals surface area contributed by atoms with Crippen LogP contribution in [-0.4, -0.2) is 11.0 Å². The molecular weight excluding hydrogens is 362 g/mol. The number of carbonyl (C=O) groups is 1.